The van der Waals surface area contributed by atoms with Crippen LogP contribution in [-0.2, 0) is 16.1 Å². The molecule has 0 aliphatic rings. The van der Waals surface area contributed by atoms with Gasteiger partial charge in [-0.3, -0.25) is 14.9 Å². The molecule has 0 aliphatic carbocycles. The van der Waals surface area contributed by atoms with Crippen molar-refractivity contribution in [1.29, 1.82) is 0 Å². The number of nitro benzene ring substituents is 1. The second-order valence-electron chi connectivity index (χ2n) is 5.89. The molecule has 146 valence electrons. The SMILES string of the molecule is Nc1ncnc2c1ncn2CCCOC(=O)CCNc1ccccc1[N+](=O)[O-]. The van der Waals surface area contributed by atoms with E-state index in [9.17, 15) is 14.9 Å². The zero-order chi connectivity index (χ0) is 19.9. The van der Waals surface area contributed by atoms with Crippen LogP contribution < -0.4 is 11.1 Å². The van der Waals surface area contributed by atoms with E-state index in [2.05, 4.69) is 20.3 Å². The molecule has 0 atom stereocenters. The lowest BCUT2D eigenvalue weighted by molar-refractivity contribution is -0.384. The Morgan fingerprint density at radius 2 is 2.11 bits per heavy atom. The van der Waals surface area contributed by atoms with E-state index in [1.54, 1.807) is 24.5 Å². The van der Waals surface area contributed by atoms with Crippen LogP contribution in [0.3, 0.4) is 0 Å². The number of nitrogens with two attached hydrogens (primary N) is 1. The molecule has 0 saturated heterocycles. The van der Waals surface area contributed by atoms with Gasteiger partial charge in [-0.05, 0) is 12.5 Å². The van der Waals surface area contributed by atoms with Crippen molar-refractivity contribution in [1.82, 2.24) is 19.5 Å². The van der Waals surface area contributed by atoms with E-state index in [4.69, 9.17) is 10.5 Å². The number of esters is 1. The highest BCUT2D eigenvalue weighted by Gasteiger charge is 2.12. The number of nitrogen functional groups attached to an aromatic ring is 1. The summed E-state index contributed by atoms with van der Waals surface area (Å²) >= 11 is 0. The number of imidazole rings is 1. The molecule has 1 aromatic carbocycles. The van der Waals surface area contributed by atoms with E-state index in [0.717, 1.165) is 0 Å². The Kier molecular flexibility index (Phi) is 5.94. The maximum absolute atomic E-state index is 11.8. The van der Waals surface area contributed by atoms with Gasteiger partial charge in [-0.2, -0.15) is 0 Å². The van der Waals surface area contributed by atoms with Gasteiger partial charge < -0.3 is 20.4 Å². The molecule has 0 radical (unpaired) electrons. The Bertz CT molecular complexity index is 989. The number of rotatable bonds is 9. The molecular weight excluding hydrogens is 366 g/mol. The maximum Gasteiger partial charge on any atom is 0.307 e. The normalized spacial score (nSPS) is 10.7. The first-order chi connectivity index (χ1) is 13.6. The molecule has 11 heteroatoms. The first-order valence-electron chi connectivity index (χ1n) is 8.60. The van der Waals surface area contributed by atoms with Crippen LogP contribution in [0.5, 0.6) is 0 Å². The summed E-state index contributed by atoms with van der Waals surface area (Å²) in [5.74, 6) is -0.0607. The molecule has 3 rings (SSSR count). The molecule has 2 heterocycles. The van der Waals surface area contributed by atoms with Gasteiger partial charge in [-0.1, -0.05) is 12.1 Å². The van der Waals surface area contributed by atoms with Crippen LogP contribution >= 0.6 is 0 Å². The number of nitrogens with zero attached hydrogens (tertiary/aromatic N) is 5. The molecule has 3 aromatic rings. The second-order valence-corrected chi connectivity index (χ2v) is 5.89. The van der Waals surface area contributed by atoms with E-state index in [1.165, 1.54) is 12.4 Å². The Morgan fingerprint density at radius 1 is 1.29 bits per heavy atom. The number of aromatic nitrogens is 4. The number of hydrogen-bond acceptors (Lipinski definition) is 9. The summed E-state index contributed by atoms with van der Waals surface area (Å²) in [6, 6.07) is 6.27. The summed E-state index contributed by atoms with van der Waals surface area (Å²) in [6.07, 6.45) is 3.68. The van der Waals surface area contributed by atoms with Crippen LogP contribution in [0.1, 0.15) is 12.8 Å². The molecule has 0 amide bonds. The van der Waals surface area contributed by atoms with Gasteiger partial charge in [0.05, 0.1) is 24.3 Å². The molecule has 11 nitrogen and oxygen atoms in total. The van der Waals surface area contributed by atoms with Crippen LogP contribution in [0.2, 0.25) is 0 Å². The van der Waals surface area contributed by atoms with Crippen LogP contribution in [0.25, 0.3) is 11.2 Å². The molecule has 0 unspecified atom stereocenters. The average Bonchev–Trinajstić information content (AvgIpc) is 3.10. The van der Waals surface area contributed by atoms with Gasteiger partial charge in [-0.25, -0.2) is 15.0 Å². The third kappa shape index (κ3) is 4.50. The van der Waals surface area contributed by atoms with E-state index >= 15 is 0 Å². The fourth-order valence-electron chi connectivity index (χ4n) is 2.64. The van der Waals surface area contributed by atoms with Gasteiger partial charge in [0.2, 0.25) is 0 Å². The molecule has 28 heavy (non-hydrogen) atoms. The predicted molar refractivity (Wildman–Crippen MR) is 102 cm³/mol. The summed E-state index contributed by atoms with van der Waals surface area (Å²) in [7, 11) is 0. The van der Waals surface area contributed by atoms with Crippen molar-refractivity contribution in [2.45, 2.75) is 19.4 Å². The number of anilines is 2. The topological polar surface area (TPSA) is 151 Å². The number of nitro groups is 1. The monoisotopic (exact) mass is 385 g/mol. The first kappa shape index (κ1) is 19.0. The number of ether oxygens (including phenoxy) is 1. The summed E-state index contributed by atoms with van der Waals surface area (Å²) in [4.78, 5) is 34.5. The molecule has 0 bridgehead atoms. The summed E-state index contributed by atoms with van der Waals surface area (Å²) < 4.78 is 7.00. The zero-order valence-corrected chi connectivity index (χ0v) is 14.9. The summed E-state index contributed by atoms with van der Waals surface area (Å²) in [5, 5.41) is 13.8. The number of hydrogen-bond donors (Lipinski definition) is 2. The molecule has 2 aromatic heterocycles. The van der Waals surface area contributed by atoms with E-state index in [1.807, 2.05) is 4.57 Å². The second kappa shape index (κ2) is 8.75. The molecule has 0 saturated carbocycles. The minimum Gasteiger partial charge on any atom is -0.466 e. The van der Waals surface area contributed by atoms with Crippen LogP contribution in [0.15, 0.2) is 36.9 Å². The lowest BCUT2D eigenvalue weighted by atomic mass is 10.2. The van der Waals surface area contributed by atoms with E-state index in [0.29, 0.717) is 35.6 Å². The lowest BCUT2D eigenvalue weighted by Gasteiger charge is -2.08. The number of carbonyl (C=O) groups is 1. The molecule has 0 aliphatic heterocycles. The molecule has 0 spiro atoms. The van der Waals surface area contributed by atoms with Crippen LogP contribution in [-0.4, -0.2) is 43.6 Å². The average molecular weight is 385 g/mol. The standard InChI is InChI=1S/C17H19N7O4/c18-16-15-17(21-10-20-16)23(11-22-15)8-3-9-28-14(25)6-7-19-12-4-1-2-5-13(12)24(26)27/h1-2,4-5,10-11,19H,3,6-9H2,(H2,18,20,21). The quantitative estimate of drug-likeness (QED) is 0.243. The fourth-order valence-corrected chi connectivity index (χ4v) is 2.64. The van der Waals surface area contributed by atoms with E-state index < -0.39 is 4.92 Å². The predicted octanol–water partition coefficient (Wildman–Crippen LogP) is 1.75. The minimum absolute atomic E-state index is 0.0344. The largest absolute Gasteiger partial charge is 0.466 e. The highest BCUT2D eigenvalue weighted by molar-refractivity contribution is 5.81. The van der Waals surface area contributed by atoms with Gasteiger partial charge >= 0.3 is 5.97 Å². The number of aryl methyl sites for hydroxylation is 1. The van der Waals surface area contributed by atoms with Crippen molar-refractivity contribution in [2.24, 2.45) is 0 Å². The van der Waals surface area contributed by atoms with Gasteiger partial charge in [-0.15, -0.1) is 0 Å². The number of benzene rings is 1. The van der Waals surface area contributed by atoms with Crippen molar-refractivity contribution in [3.05, 3.63) is 47.0 Å². The van der Waals surface area contributed by atoms with Crippen LogP contribution in [0.4, 0.5) is 17.2 Å². The number of para-hydroxylation sites is 2. The van der Waals surface area contributed by atoms with Gasteiger partial charge in [0.15, 0.2) is 11.5 Å². The zero-order valence-electron chi connectivity index (χ0n) is 14.9. The van der Waals surface area contributed by atoms with Crippen molar-refractivity contribution >= 4 is 34.3 Å². The summed E-state index contributed by atoms with van der Waals surface area (Å²) in [5.41, 5.74) is 7.25. The van der Waals surface area contributed by atoms with Crippen molar-refractivity contribution in [3.8, 4) is 0 Å². The minimum atomic E-state index is -0.473. The fraction of sp³-hybridized carbons (Fsp3) is 0.294. The van der Waals surface area contributed by atoms with E-state index in [-0.39, 0.29) is 31.2 Å². The maximum atomic E-state index is 11.8. The van der Waals surface area contributed by atoms with Gasteiger partial charge in [0, 0.05) is 19.2 Å². The van der Waals surface area contributed by atoms with Crippen molar-refractivity contribution in [2.75, 3.05) is 24.2 Å². The highest BCUT2D eigenvalue weighted by Crippen LogP contribution is 2.22. The molecule has 3 N–H and O–H groups in total. The lowest BCUT2D eigenvalue weighted by Crippen LogP contribution is -2.13. The molecular formula is C17H19N7O4. The van der Waals surface area contributed by atoms with Crippen molar-refractivity contribution in [3.63, 3.8) is 0 Å². The third-order valence-electron chi connectivity index (χ3n) is 3.98. The molecule has 0 fully saturated rings. The highest BCUT2D eigenvalue weighted by atomic mass is 16.6. The Hall–Kier alpha value is -3.76. The summed E-state index contributed by atoms with van der Waals surface area (Å²) in [6.45, 7) is 1.05. The smallest absolute Gasteiger partial charge is 0.307 e. The first-order valence-corrected chi connectivity index (χ1v) is 8.60. The number of nitrogens with one attached hydrogen (secondary N) is 1. The third-order valence-corrected chi connectivity index (χ3v) is 3.98. The number of fused-ring (bicyclic) bond motifs is 1. The van der Waals surface area contributed by atoms with Crippen LogP contribution in [0, 0.1) is 10.1 Å². The van der Waals surface area contributed by atoms with Gasteiger partial charge in [0.1, 0.15) is 17.5 Å². The Balaban J connectivity index is 1.39. The Labute approximate surface area is 159 Å². The number of carbonyl (C=O) groups excluding carboxylic acids is 1. The van der Waals surface area contributed by atoms with Crippen molar-refractivity contribution < 1.29 is 14.5 Å². The Morgan fingerprint density at radius 3 is 2.93 bits per heavy atom. The van der Waals surface area contributed by atoms with Gasteiger partial charge in [0.25, 0.3) is 5.69 Å².